The lowest BCUT2D eigenvalue weighted by Gasteiger charge is -2.07. The minimum absolute atomic E-state index is 0.188. The van der Waals surface area contributed by atoms with Gasteiger partial charge in [-0.05, 0) is 38.2 Å². The van der Waals surface area contributed by atoms with Crippen molar-refractivity contribution in [3.63, 3.8) is 0 Å². The first-order valence-corrected chi connectivity index (χ1v) is 5.55. The van der Waals surface area contributed by atoms with Gasteiger partial charge in [0.1, 0.15) is 11.3 Å². The van der Waals surface area contributed by atoms with E-state index in [2.05, 4.69) is 10.6 Å². The quantitative estimate of drug-likeness (QED) is 0.447. The fourth-order valence-corrected chi connectivity index (χ4v) is 1.43. The van der Waals surface area contributed by atoms with Crippen LogP contribution in [0.15, 0.2) is 18.2 Å². The van der Waals surface area contributed by atoms with Crippen molar-refractivity contribution in [2.45, 2.75) is 12.8 Å². The third-order valence-corrected chi connectivity index (χ3v) is 2.34. The molecule has 0 spiro atoms. The lowest BCUT2D eigenvalue weighted by Crippen LogP contribution is -2.15. The lowest BCUT2D eigenvalue weighted by atomic mass is 10.1. The minimum atomic E-state index is -1.24. The predicted molar refractivity (Wildman–Crippen MR) is 66.9 cm³/mol. The van der Waals surface area contributed by atoms with Crippen LogP contribution in [0, 0.1) is 0 Å². The second-order valence-corrected chi connectivity index (χ2v) is 3.79. The third kappa shape index (κ3) is 4.06. The first-order chi connectivity index (χ1) is 8.54. The van der Waals surface area contributed by atoms with Crippen molar-refractivity contribution < 1.29 is 19.8 Å². The molecule has 0 heterocycles. The predicted octanol–water partition coefficient (Wildman–Crippen LogP) is 1.03. The van der Waals surface area contributed by atoms with Crippen LogP contribution in [0.1, 0.15) is 23.2 Å². The van der Waals surface area contributed by atoms with Crippen LogP contribution < -0.4 is 10.6 Å². The van der Waals surface area contributed by atoms with Gasteiger partial charge in [-0.25, -0.2) is 4.79 Å². The summed E-state index contributed by atoms with van der Waals surface area (Å²) < 4.78 is 0. The Hall–Kier alpha value is -2.08. The molecule has 0 saturated heterocycles. The van der Waals surface area contributed by atoms with E-state index >= 15 is 0 Å². The van der Waals surface area contributed by atoms with Crippen molar-refractivity contribution in [3.8, 4) is 5.75 Å². The molecule has 0 atom stereocenters. The van der Waals surface area contributed by atoms with Crippen molar-refractivity contribution >= 4 is 17.6 Å². The van der Waals surface area contributed by atoms with Crippen molar-refractivity contribution in [1.82, 2.24) is 5.32 Å². The molecule has 18 heavy (non-hydrogen) atoms. The van der Waals surface area contributed by atoms with E-state index in [0.29, 0.717) is 18.5 Å². The van der Waals surface area contributed by atoms with E-state index in [-0.39, 0.29) is 17.2 Å². The van der Waals surface area contributed by atoms with Gasteiger partial charge in [-0.3, -0.25) is 4.79 Å². The number of hydrogen-bond acceptors (Lipinski definition) is 4. The van der Waals surface area contributed by atoms with E-state index in [1.807, 2.05) is 0 Å². The van der Waals surface area contributed by atoms with Gasteiger partial charge in [0.2, 0.25) is 5.91 Å². The van der Waals surface area contributed by atoms with E-state index in [0.717, 1.165) is 6.54 Å². The van der Waals surface area contributed by atoms with Gasteiger partial charge in [0.15, 0.2) is 0 Å². The number of anilines is 1. The fraction of sp³-hybridized carbons (Fsp3) is 0.333. The summed E-state index contributed by atoms with van der Waals surface area (Å²) >= 11 is 0. The number of nitrogens with one attached hydrogen (secondary N) is 2. The third-order valence-electron chi connectivity index (χ3n) is 2.34. The summed E-state index contributed by atoms with van der Waals surface area (Å²) in [6.45, 7) is 0.739. The molecule has 0 fully saturated rings. The molecule has 6 nitrogen and oxygen atoms in total. The molecule has 1 aromatic rings. The molecule has 0 bridgehead atoms. The Morgan fingerprint density at radius 3 is 2.67 bits per heavy atom. The maximum atomic E-state index is 11.5. The Kier molecular flexibility index (Phi) is 5.13. The second-order valence-electron chi connectivity index (χ2n) is 3.79. The number of carbonyl (C=O) groups is 2. The molecule has 0 aliphatic rings. The molecule has 1 rings (SSSR count). The van der Waals surface area contributed by atoms with Crippen LogP contribution in [-0.2, 0) is 4.79 Å². The molecule has 0 aliphatic carbocycles. The first-order valence-electron chi connectivity index (χ1n) is 5.55. The molecular formula is C12H16N2O4. The second kappa shape index (κ2) is 6.61. The summed E-state index contributed by atoms with van der Waals surface area (Å²) in [5.41, 5.74) is 0.127. The number of amides is 1. The van der Waals surface area contributed by atoms with Gasteiger partial charge in [-0.2, -0.15) is 0 Å². The van der Waals surface area contributed by atoms with Gasteiger partial charge in [0.25, 0.3) is 0 Å². The molecule has 4 N–H and O–H groups in total. The van der Waals surface area contributed by atoms with Crippen molar-refractivity contribution in [2.24, 2.45) is 0 Å². The Morgan fingerprint density at radius 2 is 2.06 bits per heavy atom. The highest BCUT2D eigenvalue weighted by molar-refractivity contribution is 5.95. The van der Waals surface area contributed by atoms with E-state index < -0.39 is 5.97 Å². The summed E-state index contributed by atoms with van der Waals surface area (Å²) in [6, 6.07) is 3.93. The van der Waals surface area contributed by atoms with Crippen LogP contribution in [0.2, 0.25) is 0 Å². The highest BCUT2D eigenvalue weighted by Crippen LogP contribution is 2.21. The van der Waals surface area contributed by atoms with Gasteiger partial charge in [0, 0.05) is 12.1 Å². The largest absolute Gasteiger partial charge is 0.507 e. The standard InChI is InChI=1S/C12H16N2O4/c1-13-6-2-3-11(16)14-8-4-5-10(15)9(7-8)12(17)18/h4-5,7,13,15H,2-3,6H2,1H3,(H,14,16)(H,17,18). The van der Waals surface area contributed by atoms with Crippen molar-refractivity contribution in [2.75, 3.05) is 18.9 Å². The average Bonchev–Trinajstić information content (AvgIpc) is 2.31. The Labute approximate surface area is 105 Å². The van der Waals surface area contributed by atoms with Gasteiger partial charge in [-0.15, -0.1) is 0 Å². The van der Waals surface area contributed by atoms with Gasteiger partial charge < -0.3 is 20.8 Å². The number of aromatic hydroxyl groups is 1. The molecule has 6 heteroatoms. The Bertz CT molecular complexity index is 446. The SMILES string of the molecule is CNCCCC(=O)Nc1ccc(O)c(C(=O)O)c1. The summed E-state index contributed by atoms with van der Waals surface area (Å²) in [5, 5.41) is 23.6. The smallest absolute Gasteiger partial charge is 0.339 e. The molecule has 1 amide bonds. The molecule has 0 radical (unpaired) electrons. The van der Waals surface area contributed by atoms with Gasteiger partial charge in [-0.1, -0.05) is 0 Å². The number of carbonyl (C=O) groups excluding carboxylic acids is 1. The summed E-state index contributed by atoms with van der Waals surface area (Å²) in [7, 11) is 1.80. The molecule has 0 aromatic heterocycles. The van der Waals surface area contributed by atoms with E-state index in [9.17, 15) is 14.7 Å². The Balaban J connectivity index is 2.65. The Morgan fingerprint density at radius 1 is 1.33 bits per heavy atom. The zero-order valence-electron chi connectivity index (χ0n) is 10.1. The highest BCUT2D eigenvalue weighted by atomic mass is 16.4. The van der Waals surface area contributed by atoms with Crippen LogP contribution in [0.4, 0.5) is 5.69 Å². The lowest BCUT2D eigenvalue weighted by molar-refractivity contribution is -0.116. The normalized spacial score (nSPS) is 10.1. The fourth-order valence-electron chi connectivity index (χ4n) is 1.43. The zero-order chi connectivity index (χ0) is 13.5. The maximum Gasteiger partial charge on any atom is 0.339 e. The monoisotopic (exact) mass is 252 g/mol. The highest BCUT2D eigenvalue weighted by Gasteiger charge is 2.11. The number of carboxylic acids is 1. The van der Waals surface area contributed by atoms with E-state index in [1.165, 1.54) is 18.2 Å². The van der Waals surface area contributed by atoms with Crippen molar-refractivity contribution in [1.29, 1.82) is 0 Å². The van der Waals surface area contributed by atoms with E-state index in [1.54, 1.807) is 7.05 Å². The zero-order valence-corrected chi connectivity index (χ0v) is 10.1. The number of hydrogen-bond donors (Lipinski definition) is 4. The molecular weight excluding hydrogens is 236 g/mol. The molecule has 0 saturated carbocycles. The van der Waals surface area contributed by atoms with Crippen LogP contribution in [0.3, 0.4) is 0 Å². The van der Waals surface area contributed by atoms with Crippen LogP contribution in [0.25, 0.3) is 0 Å². The average molecular weight is 252 g/mol. The van der Waals surface area contributed by atoms with E-state index in [4.69, 9.17) is 5.11 Å². The van der Waals surface area contributed by atoms with Crippen LogP contribution >= 0.6 is 0 Å². The number of benzene rings is 1. The minimum Gasteiger partial charge on any atom is -0.507 e. The van der Waals surface area contributed by atoms with Gasteiger partial charge in [0.05, 0.1) is 0 Å². The van der Waals surface area contributed by atoms with Gasteiger partial charge >= 0.3 is 5.97 Å². The number of phenols is 1. The van der Waals surface area contributed by atoms with Crippen LogP contribution in [0.5, 0.6) is 5.75 Å². The first kappa shape index (κ1) is 14.0. The maximum absolute atomic E-state index is 11.5. The summed E-state index contributed by atoms with van der Waals surface area (Å²) in [4.78, 5) is 22.3. The molecule has 1 aromatic carbocycles. The molecule has 0 unspecified atom stereocenters. The van der Waals surface area contributed by atoms with Crippen molar-refractivity contribution in [3.05, 3.63) is 23.8 Å². The number of carboxylic acid groups (broad SMARTS) is 1. The molecule has 98 valence electrons. The number of aromatic carboxylic acids is 1. The molecule has 0 aliphatic heterocycles. The van der Waals surface area contributed by atoms with Crippen LogP contribution in [-0.4, -0.2) is 35.7 Å². The summed E-state index contributed by atoms with van der Waals surface area (Å²) in [5.74, 6) is -1.75. The topological polar surface area (TPSA) is 98.7 Å². The summed E-state index contributed by atoms with van der Waals surface area (Å²) in [6.07, 6.45) is 1.05. The number of rotatable bonds is 6.